The van der Waals surface area contributed by atoms with Crippen LogP contribution in [0.2, 0.25) is 0 Å². The Balaban J connectivity index is 3.03. The molecule has 0 saturated carbocycles. The molecular formula is C15H25N5. The van der Waals surface area contributed by atoms with Gasteiger partial charge in [0.1, 0.15) is 17.5 Å². The average molecular weight is 275 g/mol. The molecule has 0 aliphatic carbocycles. The van der Waals surface area contributed by atoms with E-state index < -0.39 is 0 Å². The van der Waals surface area contributed by atoms with Crippen molar-refractivity contribution in [3.05, 3.63) is 11.9 Å². The van der Waals surface area contributed by atoms with E-state index in [2.05, 4.69) is 53.9 Å². The van der Waals surface area contributed by atoms with E-state index in [9.17, 15) is 0 Å². The van der Waals surface area contributed by atoms with Crippen molar-refractivity contribution in [1.82, 2.24) is 9.97 Å². The van der Waals surface area contributed by atoms with Crippen molar-refractivity contribution in [2.45, 2.75) is 46.5 Å². The summed E-state index contributed by atoms with van der Waals surface area (Å²) in [5.74, 6) is 2.90. The highest BCUT2D eigenvalue weighted by molar-refractivity contribution is 5.49. The zero-order chi connectivity index (χ0) is 15.0. The summed E-state index contributed by atoms with van der Waals surface area (Å²) in [5, 5.41) is 12.1. The standard InChI is InChI=1S/C15H25N5/c1-5-9-17-13-11-14(19-15(18-13)12(3)4)20(6-2)10-7-8-16/h11-12H,5-7,9-10H2,1-4H3,(H,17,18,19). The fourth-order valence-electron chi connectivity index (χ4n) is 1.84. The number of nitriles is 1. The predicted octanol–water partition coefficient (Wildman–Crippen LogP) is 3.16. The number of anilines is 2. The van der Waals surface area contributed by atoms with Gasteiger partial charge in [0.25, 0.3) is 0 Å². The van der Waals surface area contributed by atoms with E-state index in [-0.39, 0.29) is 5.92 Å². The summed E-state index contributed by atoms with van der Waals surface area (Å²) in [6.07, 6.45) is 1.56. The highest BCUT2D eigenvalue weighted by atomic mass is 15.2. The number of rotatable bonds is 8. The lowest BCUT2D eigenvalue weighted by Gasteiger charge is -2.22. The van der Waals surface area contributed by atoms with Gasteiger partial charge in [-0.2, -0.15) is 5.26 Å². The first-order chi connectivity index (χ1) is 9.62. The SMILES string of the molecule is CCCNc1cc(N(CC)CCC#N)nc(C(C)C)n1. The van der Waals surface area contributed by atoms with Crippen LogP contribution in [0.25, 0.3) is 0 Å². The number of aromatic nitrogens is 2. The predicted molar refractivity (Wildman–Crippen MR) is 83.0 cm³/mol. The molecule has 1 aromatic heterocycles. The third kappa shape index (κ3) is 4.69. The molecule has 5 heteroatoms. The topological polar surface area (TPSA) is 64.8 Å². The minimum Gasteiger partial charge on any atom is -0.370 e. The van der Waals surface area contributed by atoms with E-state index in [1.807, 2.05) is 6.07 Å². The number of hydrogen-bond donors (Lipinski definition) is 1. The van der Waals surface area contributed by atoms with Crippen LogP contribution in [0.1, 0.15) is 52.3 Å². The Morgan fingerprint density at radius 3 is 2.65 bits per heavy atom. The largest absolute Gasteiger partial charge is 0.370 e. The quantitative estimate of drug-likeness (QED) is 0.789. The summed E-state index contributed by atoms with van der Waals surface area (Å²) in [4.78, 5) is 11.3. The molecule has 0 saturated heterocycles. The molecule has 0 aliphatic rings. The third-order valence-corrected chi connectivity index (χ3v) is 3.00. The molecule has 1 N–H and O–H groups in total. The summed E-state index contributed by atoms with van der Waals surface area (Å²) in [6.45, 7) is 10.8. The smallest absolute Gasteiger partial charge is 0.135 e. The molecule has 0 radical (unpaired) electrons. The Kier molecular flexibility index (Phi) is 6.78. The van der Waals surface area contributed by atoms with Crippen molar-refractivity contribution in [2.24, 2.45) is 0 Å². The van der Waals surface area contributed by atoms with E-state index in [4.69, 9.17) is 5.26 Å². The van der Waals surface area contributed by atoms with Crippen LogP contribution in [-0.2, 0) is 0 Å². The van der Waals surface area contributed by atoms with Crippen LogP contribution in [0.3, 0.4) is 0 Å². The Hall–Kier alpha value is -1.83. The van der Waals surface area contributed by atoms with Crippen LogP contribution in [0.4, 0.5) is 11.6 Å². The molecule has 0 spiro atoms. The van der Waals surface area contributed by atoms with Gasteiger partial charge in [0.2, 0.25) is 0 Å². The lowest BCUT2D eigenvalue weighted by Crippen LogP contribution is -2.25. The molecule has 1 aromatic rings. The lowest BCUT2D eigenvalue weighted by atomic mass is 10.2. The molecule has 0 amide bonds. The number of nitrogens with zero attached hydrogens (tertiary/aromatic N) is 4. The van der Waals surface area contributed by atoms with Crippen LogP contribution >= 0.6 is 0 Å². The second kappa shape index (κ2) is 8.36. The molecule has 0 atom stereocenters. The molecule has 1 rings (SSSR count). The zero-order valence-corrected chi connectivity index (χ0v) is 13.0. The van der Waals surface area contributed by atoms with Crippen LogP contribution in [0, 0.1) is 11.3 Å². The van der Waals surface area contributed by atoms with Crippen LogP contribution in [0.5, 0.6) is 0 Å². The minimum absolute atomic E-state index is 0.284. The van der Waals surface area contributed by atoms with Gasteiger partial charge in [0.15, 0.2) is 0 Å². The minimum atomic E-state index is 0.284. The van der Waals surface area contributed by atoms with E-state index in [0.717, 1.165) is 37.0 Å². The Labute approximate surface area is 122 Å². The fraction of sp³-hybridized carbons (Fsp3) is 0.667. The molecule has 0 fully saturated rings. The first-order valence-corrected chi connectivity index (χ1v) is 7.37. The van der Waals surface area contributed by atoms with E-state index >= 15 is 0 Å². The van der Waals surface area contributed by atoms with Crippen molar-refractivity contribution in [2.75, 3.05) is 29.9 Å². The third-order valence-electron chi connectivity index (χ3n) is 3.00. The van der Waals surface area contributed by atoms with Crippen LogP contribution in [-0.4, -0.2) is 29.6 Å². The lowest BCUT2D eigenvalue weighted by molar-refractivity contribution is 0.748. The molecule has 20 heavy (non-hydrogen) atoms. The van der Waals surface area contributed by atoms with Gasteiger partial charge in [-0.05, 0) is 13.3 Å². The van der Waals surface area contributed by atoms with E-state index in [1.165, 1.54) is 0 Å². The monoisotopic (exact) mass is 275 g/mol. The average Bonchev–Trinajstić information content (AvgIpc) is 2.45. The molecule has 0 unspecified atom stereocenters. The maximum Gasteiger partial charge on any atom is 0.135 e. The van der Waals surface area contributed by atoms with Crippen molar-refractivity contribution in [3.63, 3.8) is 0 Å². The summed E-state index contributed by atoms with van der Waals surface area (Å²) < 4.78 is 0. The van der Waals surface area contributed by atoms with Crippen molar-refractivity contribution >= 4 is 11.6 Å². The molecule has 0 aromatic carbocycles. The van der Waals surface area contributed by atoms with Gasteiger partial charge in [0.05, 0.1) is 12.5 Å². The van der Waals surface area contributed by atoms with Gasteiger partial charge in [-0.3, -0.25) is 0 Å². The second-order valence-corrected chi connectivity index (χ2v) is 5.04. The maximum atomic E-state index is 8.75. The van der Waals surface area contributed by atoms with Gasteiger partial charge in [-0.1, -0.05) is 20.8 Å². The molecular weight excluding hydrogens is 250 g/mol. The van der Waals surface area contributed by atoms with Gasteiger partial charge in [-0.25, -0.2) is 9.97 Å². The first-order valence-electron chi connectivity index (χ1n) is 7.37. The summed E-state index contributed by atoms with van der Waals surface area (Å²) >= 11 is 0. The molecule has 1 heterocycles. The van der Waals surface area contributed by atoms with Crippen molar-refractivity contribution < 1.29 is 0 Å². The van der Waals surface area contributed by atoms with Crippen molar-refractivity contribution in [3.8, 4) is 6.07 Å². The Morgan fingerprint density at radius 2 is 2.10 bits per heavy atom. The molecule has 5 nitrogen and oxygen atoms in total. The number of hydrogen-bond acceptors (Lipinski definition) is 5. The van der Waals surface area contributed by atoms with E-state index in [1.54, 1.807) is 0 Å². The number of nitrogens with one attached hydrogen (secondary N) is 1. The van der Waals surface area contributed by atoms with Crippen LogP contribution in [0.15, 0.2) is 6.07 Å². The zero-order valence-electron chi connectivity index (χ0n) is 13.0. The molecule has 0 bridgehead atoms. The Morgan fingerprint density at radius 1 is 1.35 bits per heavy atom. The highest BCUT2D eigenvalue weighted by Gasteiger charge is 2.12. The van der Waals surface area contributed by atoms with Gasteiger partial charge < -0.3 is 10.2 Å². The molecule has 0 aliphatic heterocycles. The highest BCUT2D eigenvalue weighted by Crippen LogP contribution is 2.20. The molecule has 110 valence electrons. The normalized spacial score (nSPS) is 10.4. The van der Waals surface area contributed by atoms with Crippen LogP contribution < -0.4 is 10.2 Å². The fourth-order valence-corrected chi connectivity index (χ4v) is 1.84. The summed E-state index contributed by atoms with van der Waals surface area (Å²) in [6, 6.07) is 4.16. The van der Waals surface area contributed by atoms with Gasteiger partial charge in [0, 0.05) is 31.6 Å². The van der Waals surface area contributed by atoms with E-state index in [0.29, 0.717) is 13.0 Å². The summed E-state index contributed by atoms with van der Waals surface area (Å²) in [5.41, 5.74) is 0. The second-order valence-electron chi connectivity index (χ2n) is 5.04. The maximum absolute atomic E-state index is 8.75. The summed E-state index contributed by atoms with van der Waals surface area (Å²) in [7, 11) is 0. The Bertz CT molecular complexity index is 450. The van der Waals surface area contributed by atoms with Gasteiger partial charge in [-0.15, -0.1) is 0 Å². The van der Waals surface area contributed by atoms with Gasteiger partial charge >= 0.3 is 0 Å². The first kappa shape index (κ1) is 16.2. The van der Waals surface area contributed by atoms with Crippen molar-refractivity contribution in [1.29, 1.82) is 5.26 Å².